The van der Waals surface area contributed by atoms with Crippen molar-refractivity contribution in [1.82, 2.24) is 9.88 Å². The van der Waals surface area contributed by atoms with E-state index >= 15 is 0 Å². The van der Waals surface area contributed by atoms with E-state index in [0.717, 1.165) is 39.4 Å². The molecule has 5 rings (SSSR count). The van der Waals surface area contributed by atoms with Gasteiger partial charge in [-0.1, -0.05) is 6.08 Å². The molecule has 1 saturated heterocycles. The highest BCUT2D eigenvalue weighted by molar-refractivity contribution is 7.94. The van der Waals surface area contributed by atoms with Gasteiger partial charge in [0.15, 0.2) is 5.82 Å². The fourth-order valence-electron chi connectivity index (χ4n) is 4.61. The van der Waals surface area contributed by atoms with Crippen molar-refractivity contribution in [1.29, 1.82) is 0 Å². The van der Waals surface area contributed by atoms with Gasteiger partial charge in [-0.25, -0.2) is 22.4 Å². The third kappa shape index (κ3) is 2.58. The Balaban J connectivity index is 1.46. The smallest absolute Gasteiger partial charge is 0.305 e. The van der Waals surface area contributed by atoms with Crippen LogP contribution in [0.2, 0.25) is 0 Å². The van der Waals surface area contributed by atoms with Crippen LogP contribution in [0.4, 0.5) is 20.3 Å². The van der Waals surface area contributed by atoms with E-state index in [1.807, 2.05) is 6.07 Å². The van der Waals surface area contributed by atoms with E-state index in [1.54, 1.807) is 6.07 Å². The van der Waals surface area contributed by atoms with Crippen LogP contribution >= 0.6 is 0 Å². The lowest BCUT2D eigenvalue weighted by Crippen LogP contribution is -2.37. The molecule has 0 bridgehead atoms. The van der Waals surface area contributed by atoms with Crippen LogP contribution in [0.25, 0.3) is 5.57 Å². The molecule has 4 aliphatic rings. The predicted molar refractivity (Wildman–Crippen MR) is 99.0 cm³/mol. The largest absolute Gasteiger partial charge is 0.327 e. The molecule has 0 radical (unpaired) electrons. The normalized spacial score (nSPS) is 33.2. The van der Waals surface area contributed by atoms with E-state index in [-0.39, 0.29) is 13.0 Å². The number of pyridine rings is 1. The van der Waals surface area contributed by atoms with Crippen LogP contribution in [-0.4, -0.2) is 58.0 Å². The highest BCUT2D eigenvalue weighted by Gasteiger charge is 2.59. The van der Waals surface area contributed by atoms with Gasteiger partial charge in [0, 0.05) is 39.0 Å². The lowest BCUT2D eigenvalue weighted by Gasteiger charge is -2.18. The molecule has 1 saturated carbocycles. The first kappa shape index (κ1) is 17.4. The van der Waals surface area contributed by atoms with Gasteiger partial charge in [0.05, 0.1) is 11.4 Å². The Hall–Kier alpha value is -1.74. The van der Waals surface area contributed by atoms with Crippen molar-refractivity contribution in [3.8, 4) is 0 Å². The molecule has 0 spiro atoms. The second-order valence-corrected chi connectivity index (χ2v) is 10.1. The summed E-state index contributed by atoms with van der Waals surface area (Å²) in [6.07, 6.45) is 2.94. The molecule has 2 aliphatic carbocycles. The standard InChI is InChI=1S/C18H22F2N4O2S/c1-22-8-12-5-11(6-13(12)9-22)15-3-4-16-17(21-15)23(2)27(25,26)24(16)10-14-7-18(14,19)20/h3-5,12-14H,6-10H2,1-2H3. The van der Waals surface area contributed by atoms with Gasteiger partial charge in [0.1, 0.15) is 0 Å². The lowest BCUT2D eigenvalue weighted by atomic mass is 9.99. The molecule has 6 nitrogen and oxygen atoms in total. The van der Waals surface area contributed by atoms with Gasteiger partial charge in [-0.15, -0.1) is 0 Å². The average molecular weight is 396 g/mol. The van der Waals surface area contributed by atoms with Crippen molar-refractivity contribution in [3.63, 3.8) is 0 Å². The zero-order valence-corrected chi connectivity index (χ0v) is 16.1. The Kier molecular flexibility index (Phi) is 3.48. The summed E-state index contributed by atoms with van der Waals surface area (Å²) in [6, 6.07) is 3.53. The summed E-state index contributed by atoms with van der Waals surface area (Å²) in [6.45, 7) is 1.90. The zero-order valence-electron chi connectivity index (χ0n) is 15.3. The van der Waals surface area contributed by atoms with Gasteiger partial charge < -0.3 is 4.90 Å². The summed E-state index contributed by atoms with van der Waals surface area (Å²) >= 11 is 0. The maximum absolute atomic E-state index is 13.3. The number of nitrogens with zero attached hydrogens (tertiary/aromatic N) is 4. The minimum atomic E-state index is -3.85. The first-order valence-electron chi connectivity index (χ1n) is 9.22. The molecule has 2 aliphatic heterocycles. The van der Waals surface area contributed by atoms with Crippen LogP contribution < -0.4 is 8.61 Å². The van der Waals surface area contributed by atoms with Gasteiger partial charge in [-0.3, -0.25) is 0 Å². The third-order valence-corrected chi connectivity index (χ3v) is 8.06. The molecule has 0 aromatic carbocycles. The molecular formula is C18H22F2N4O2S. The first-order valence-corrected chi connectivity index (χ1v) is 10.6. The summed E-state index contributed by atoms with van der Waals surface area (Å²) < 4.78 is 54.2. The molecule has 1 aromatic rings. The Labute approximate surface area is 157 Å². The monoisotopic (exact) mass is 396 g/mol. The average Bonchev–Trinajstić information content (AvgIpc) is 2.85. The van der Waals surface area contributed by atoms with Crippen molar-refractivity contribution >= 4 is 27.3 Å². The third-order valence-electron chi connectivity index (χ3n) is 6.29. The lowest BCUT2D eigenvalue weighted by molar-refractivity contribution is 0.101. The van der Waals surface area contributed by atoms with Crippen molar-refractivity contribution in [2.45, 2.75) is 18.8 Å². The number of aromatic nitrogens is 1. The number of rotatable bonds is 3. The molecule has 146 valence electrons. The van der Waals surface area contributed by atoms with Crippen molar-refractivity contribution in [3.05, 3.63) is 23.9 Å². The van der Waals surface area contributed by atoms with Gasteiger partial charge in [-0.05, 0) is 43.0 Å². The summed E-state index contributed by atoms with van der Waals surface area (Å²) in [4.78, 5) is 6.93. The second-order valence-electron chi connectivity index (χ2n) is 8.25. The van der Waals surface area contributed by atoms with Crippen LogP contribution in [0.15, 0.2) is 18.2 Å². The molecule has 9 heteroatoms. The van der Waals surface area contributed by atoms with Gasteiger partial charge >= 0.3 is 10.2 Å². The Morgan fingerprint density at radius 3 is 2.67 bits per heavy atom. The van der Waals surface area contributed by atoms with E-state index in [9.17, 15) is 17.2 Å². The molecule has 3 unspecified atom stereocenters. The number of hydrogen-bond acceptors (Lipinski definition) is 4. The molecule has 2 fully saturated rings. The number of fused-ring (bicyclic) bond motifs is 2. The summed E-state index contributed by atoms with van der Waals surface area (Å²) in [5.41, 5.74) is 2.33. The van der Waals surface area contributed by atoms with E-state index in [1.165, 1.54) is 7.05 Å². The highest BCUT2D eigenvalue weighted by Crippen LogP contribution is 2.51. The van der Waals surface area contributed by atoms with Crippen LogP contribution in [-0.2, 0) is 10.2 Å². The van der Waals surface area contributed by atoms with Crippen LogP contribution in [0.5, 0.6) is 0 Å². The van der Waals surface area contributed by atoms with E-state index in [2.05, 4.69) is 23.0 Å². The van der Waals surface area contributed by atoms with Gasteiger partial charge in [0.25, 0.3) is 5.92 Å². The molecule has 1 aromatic heterocycles. The number of hydrogen-bond donors (Lipinski definition) is 0. The van der Waals surface area contributed by atoms with Crippen LogP contribution in [0.3, 0.4) is 0 Å². The molecule has 0 amide bonds. The Morgan fingerprint density at radius 1 is 1.26 bits per heavy atom. The van der Waals surface area contributed by atoms with Crippen molar-refractivity contribution < 1.29 is 17.2 Å². The minimum absolute atomic E-state index is 0.202. The number of alkyl halides is 2. The molecule has 27 heavy (non-hydrogen) atoms. The SMILES string of the molecule is CN1CC2C=C(c3ccc4c(n3)N(C)S(=O)(=O)N4CC3CC3(F)F)CC2C1. The maximum Gasteiger partial charge on any atom is 0.327 e. The molecule has 3 heterocycles. The Morgan fingerprint density at radius 2 is 2.00 bits per heavy atom. The fraction of sp³-hybridized carbons (Fsp3) is 0.611. The number of allylic oxidation sites excluding steroid dienone is 1. The molecular weight excluding hydrogens is 374 g/mol. The van der Waals surface area contributed by atoms with Crippen molar-refractivity contribution in [2.24, 2.45) is 17.8 Å². The van der Waals surface area contributed by atoms with Crippen LogP contribution in [0.1, 0.15) is 18.5 Å². The topological polar surface area (TPSA) is 56.8 Å². The Bertz CT molecular complexity index is 949. The van der Waals surface area contributed by atoms with E-state index < -0.39 is 22.0 Å². The van der Waals surface area contributed by atoms with Gasteiger partial charge in [0.2, 0.25) is 0 Å². The number of likely N-dealkylation sites (tertiary alicyclic amines) is 1. The fourth-order valence-corrected chi connectivity index (χ4v) is 6.02. The molecule has 0 N–H and O–H groups in total. The van der Waals surface area contributed by atoms with Crippen LogP contribution in [0, 0.1) is 17.8 Å². The van der Waals surface area contributed by atoms with Crippen molar-refractivity contribution in [2.75, 3.05) is 42.3 Å². The molecule has 3 atom stereocenters. The zero-order chi connectivity index (χ0) is 19.1. The first-order chi connectivity index (χ1) is 12.7. The van der Waals surface area contributed by atoms with Gasteiger partial charge in [-0.2, -0.15) is 8.42 Å². The van der Waals surface area contributed by atoms with E-state index in [0.29, 0.717) is 23.3 Å². The predicted octanol–water partition coefficient (Wildman–Crippen LogP) is 2.20. The summed E-state index contributed by atoms with van der Waals surface area (Å²) in [5.74, 6) is -2.24. The summed E-state index contributed by atoms with van der Waals surface area (Å²) in [5, 5.41) is 0. The quantitative estimate of drug-likeness (QED) is 0.786. The van der Waals surface area contributed by atoms with E-state index in [4.69, 9.17) is 0 Å². The number of halogens is 2. The highest BCUT2D eigenvalue weighted by atomic mass is 32.2. The second kappa shape index (κ2) is 5.41. The summed E-state index contributed by atoms with van der Waals surface area (Å²) in [7, 11) is -0.293. The minimum Gasteiger partial charge on any atom is -0.305 e. The maximum atomic E-state index is 13.3. The number of anilines is 2.